The molecule has 1 unspecified atom stereocenters. The van der Waals surface area contributed by atoms with Gasteiger partial charge in [-0.1, -0.05) is 6.07 Å². The van der Waals surface area contributed by atoms with E-state index in [2.05, 4.69) is 4.90 Å². The minimum absolute atomic E-state index is 0.0179. The molecule has 5 nitrogen and oxygen atoms in total. The van der Waals surface area contributed by atoms with Crippen LogP contribution in [0.4, 0.5) is 5.69 Å². The van der Waals surface area contributed by atoms with E-state index in [4.69, 9.17) is 5.73 Å². The van der Waals surface area contributed by atoms with Crippen molar-refractivity contribution in [3.05, 3.63) is 29.3 Å². The lowest BCUT2D eigenvalue weighted by molar-refractivity contribution is 0.0121. The first-order valence-corrected chi connectivity index (χ1v) is 7.15. The van der Waals surface area contributed by atoms with Gasteiger partial charge in [0.05, 0.1) is 17.2 Å². The number of hydrogen-bond acceptors (Lipinski definition) is 4. The number of nitrogen functional groups attached to an aromatic ring is 1. The Morgan fingerprint density at radius 2 is 1.85 bits per heavy atom. The van der Waals surface area contributed by atoms with E-state index < -0.39 is 0 Å². The van der Waals surface area contributed by atoms with Crippen molar-refractivity contribution in [2.75, 3.05) is 25.4 Å². The number of hydrogen-bond donors (Lipinski definition) is 1. The minimum Gasteiger partial charge on any atom is -0.398 e. The van der Waals surface area contributed by atoms with Gasteiger partial charge in [0.2, 0.25) is 0 Å². The summed E-state index contributed by atoms with van der Waals surface area (Å²) in [7, 11) is 0. The fraction of sp³-hybridized carbons (Fsp3) is 0.467. The highest BCUT2D eigenvalue weighted by Gasteiger charge is 2.47. The van der Waals surface area contributed by atoms with Crippen LogP contribution in [0.2, 0.25) is 0 Å². The Labute approximate surface area is 117 Å². The van der Waals surface area contributed by atoms with Crippen molar-refractivity contribution in [3.63, 3.8) is 0 Å². The van der Waals surface area contributed by atoms with E-state index in [1.807, 2.05) is 0 Å². The highest BCUT2D eigenvalue weighted by Crippen LogP contribution is 2.36. The molecule has 5 heteroatoms. The molecule has 4 heterocycles. The number of nitrogens with two attached hydrogens (primary N) is 1. The maximum absolute atomic E-state index is 12.6. The quantitative estimate of drug-likeness (QED) is 0.610. The predicted octanol–water partition coefficient (Wildman–Crippen LogP) is 0.959. The van der Waals surface area contributed by atoms with Crippen LogP contribution in [0.25, 0.3) is 0 Å². The summed E-state index contributed by atoms with van der Waals surface area (Å²) in [5, 5.41) is 0. The van der Waals surface area contributed by atoms with Crippen LogP contribution in [0.3, 0.4) is 0 Å². The first-order chi connectivity index (χ1) is 9.66. The van der Waals surface area contributed by atoms with Crippen molar-refractivity contribution in [2.45, 2.75) is 18.9 Å². The van der Waals surface area contributed by atoms with Gasteiger partial charge in [0.1, 0.15) is 0 Å². The number of fused-ring (bicyclic) bond motifs is 4. The van der Waals surface area contributed by atoms with Gasteiger partial charge in [-0.05, 0) is 44.0 Å². The van der Waals surface area contributed by atoms with Gasteiger partial charge in [-0.3, -0.25) is 14.5 Å². The Morgan fingerprint density at radius 1 is 1.10 bits per heavy atom. The van der Waals surface area contributed by atoms with Gasteiger partial charge in [-0.2, -0.15) is 0 Å². The average molecular weight is 271 g/mol. The zero-order valence-electron chi connectivity index (χ0n) is 11.2. The lowest BCUT2D eigenvalue weighted by atomic mass is 9.83. The summed E-state index contributed by atoms with van der Waals surface area (Å²) in [4.78, 5) is 29.0. The smallest absolute Gasteiger partial charge is 0.263 e. The SMILES string of the molecule is Nc1cccc2c1C(=O)N(C1CN3CCC1CC3)C2=O. The topological polar surface area (TPSA) is 66.6 Å². The molecule has 0 spiro atoms. The average Bonchev–Trinajstić information content (AvgIpc) is 2.73. The summed E-state index contributed by atoms with van der Waals surface area (Å²) in [6.45, 7) is 3.00. The molecule has 5 rings (SSSR count). The van der Waals surface area contributed by atoms with Crippen LogP contribution in [-0.2, 0) is 0 Å². The second-order valence-corrected chi connectivity index (χ2v) is 5.96. The van der Waals surface area contributed by atoms with Gasteiger partial charge in [0, 0.05) is 12.2 Å². The Morgan fingerprint density at radius 3 is 2.45 bits per heavy atom. The Hall–Kier alpha value is -1.88. The van der Waals surface area contributed by atoms with Crippen LogP contribution in [0.5, 0.6) is 0 Å². The highest BCUT2D eigenvalue weighted by atomic mass is 16.2. The van der Waals surface area contributed by atoms with E-state index in [9.17, 15) is 9.59 Å². The third-order valence-electron chi connectivity index (χ3n) is 4.93. The maximum Gasteiger partial charge on any atom is 0.263 e. The summed E-state index contributed by atoms with van der Waals surface area (Å²) in [6, 6.07) is 5.14. The van der Waals surface area contributed by atoms with Gasteiger partial charge < -0.3 is 10.6 Å². The summed E-state index contributed by atoms with van der Waals surface area (Å²) in [5.74, 6) is 0.0707. The van der Waals surface area contributed by atoms with Gasteiger partial charge in [-0.15, -0.1) is 0 Å². The monoisotopic (exact) mass is 271 g/mol. The highest BCUT2D eigenvalue weighted by molar-refractivity contribution is 6.23. The third-order valence-corrected chi connectivity index (χ3v) is 4.93. The third kappa shape index (κ3) is 1.47. The van der Waals surface area contributed by atoms with E-state index in [1.54, 1.807) is 18.2 Å². The van der Waals surface area contributed by atoms with Crippen molar-refractivity contribution in [2.24, 2.45) is 5.92 Å². The summed E-state index contributed by atoms with van der Waals surface area (Å²) in [6.07, 6.45) is 2.15. The molecule has 4 aliphatic rings. The minimum atomic E-state index is -0.207. The normalized spacial score (nSPS) is 31.8. The number of carbonyl (C=O) groups is 2. The maximum atomic E-state index is 12.6. The zero-order chi connectivity index (χ0) is 13.9. The lowest BCUT2D eigenvalue weighted by Gasteiger charge is -2.47. The van der Waals surface area contributed by atoms with Gasteiger partial charge >= 0.3 is 0 Å². The number of benzene rings is 1. The van der Waals surface area contributed by atoms with E-state index >= 15 is 0 Å². The second-order valence-electron chi connectivity index (χ2n) is 5.96. The summed E-state index contributed by atoms with van der Waals surface area (Å²) >= 11 is 0. The molecule has 0 aliphatic carbocycles. The van der Waals surface area contributed by atoms with Crippen LogP contribution >= 0.6 is 0 Å². The Balaban J connectivity index is 1.73. The molecule has 104 valence electrons. The fourth-order valence-electron chi connectivity index (χ4n) is 3.86. The van der Waals surface area contributed by atoms with Crippen molar-refractivity contribution in [1.82, 2.24) is 9.80 Å². The Bertz CT molecular complexity index is 605. The number of piperidine rings is 3. The molecule has 3 saturated heterocycles. The molecule has 2 bridgehead atoms. The molecule has 0 saturated carbocycles. The van der Waals surface area contributed by atoms with Gasteiger partial charge in [0.25, 0.3) is 11.8 Å². The zero-order valence-corrected chi connectivity index (χ0v) is 11.2. The molecular formula is C15H17N3O2. The van der Waals surface area contributed by atoms with Crippen molar-refractivity contribution in [1.29, 1.82) is 0 Å². The number of amides is 2. The van der Waals surface area contributed by atoms with Gasteiger partial charge in [-0.25, -0.2) is 0 Å². The molecule has 20 heavy (non-hydrogen) atoms. The van der Waals surface area contributed by atoms with E-state index in [0.717, 1.165) is 32.5 Å². The number of rotatable bonds is 1. The molecule has 0 aromatic heterocycles. The predicted molar refractivity (Wildman–Crippen MR) is 74.3 cm³/mol. The van der Waals surface area contributed by atoms with Crippen LogP contribution in [-0.4, -0.2) is 47.3 Å². The van der Waals surface area contributed by atoms with E-state index in [1.165, 1.54) is 4.90 Å². The van der Waals surface area contributed by atoms with E-state index in [-0.39, 0.29) is 17.9 Å². The molecular weight excluding hydrogens is 254 g/mol. The summed E-state index contributed by atoms with van der Waals surface area (Å²) < 4.78 is 0. The standard InChI is InChI=1S/C15H17N3O2/c16-11-3-1-2-10-13(11)15(20)18(14(10)19)12-8-17-6-4-9(12)5-7-17/h1-3,9,12H,4-8,16H2. The van der Waals surface area contributed by atoms with Crippen LogP contribution in [0, 0.1) is 5.92 Å². The summed E-state index contributed by atoms with van der Waals surface area (Å²) in [5.41, 5.74) is 7.15. The van der Waals surface area contributed by atoms with E-state index in [0.29, 0.717) is 22.7 Å². The van der Waals surface area contributed by atoms with Crippen LogP contribution < -0.4 is 5.73 Å². The number of carbonyl (C=O) groups excluding carboxylic acids is 2. The number of nitrogens with zero attached hydrogens (tertiary/aromatic N) is 2. The number of anilines is 1. The molecule has 1 atom stereocenters. The fourth-order valence-corrected chi connectivity index (χ4v) is 3.86. The second kappa shape index (κ2) is 4.06. The largest absolute Gasteiger partial charge is 0.398 e. The van der Waals surface area contributed by atoms with Crippen LogP contribution in [0.15, 0.2) is 18.2 Å². The van der Waals surface area contributed by atoms with Crippen molar-refractivity contribution >= 4 is 17.5 Å². The molecule has 0 radical (unpaired) electrons. The molecule has 2 N–H and O–H groups in total. The van der Waals surface area contributed by atoms with Gasteiger partial charge in [0.15, 0.2) is 0 Å². The first-order valence-electron chi connectivity index (χ1n) is 7.15. The molecule has 1 aromatic carbocycles. The molecule has 4 aliphatic heterocycles. The Kier molecular flexibility index (Phi) is 2.41. The molecule has 3 fully saturated rings. The van der Waals surface area contributed by atoms with Crippen molar-refractivity contribution < 1.29 is 9.59 Å². The lowest BCUT2D eigenvalue weighted by Crippen LogP contribution is -2.58. The first kappa shape index (κ1) is 11.9. The van der Waals surface area contributed by atoms with Crippen molar-refractivity contribution in [3.8, 4) is 0 Å². The molecule has 2 amide bonds. The number of imide groups is 1. The van der Waals surface area contributed by atoms with Crippen LogP contribution in [0.1, 0.15) is 33.6 Å². The molecule has 1 aromatic rings.